The first-order chi connectivity index (χ1) is 8.27. The highest BCUT2D eigenvalue weighted by atomic mass is 32.2. The molecule has 4 nitrogen and oxygen atoms in total. The summed E-state index contributed by atoms with van der Waals surface area (Å²) in [6.07, 6.45) is 7.11. The molecule has 5 heteroatoms. The second-order valence-electron chi connectivity index (χ2n) is 4.20. The Kier molecular flexibility index (Phi) is 7.28. The van der Waals surface area contributed by atoms with Gasteiger partial charge in [0.15, 0.2) is 5.16 Å². The Balaban J connectivity index is 2.29. The lowest BCUT2D eigenvalue weighted by Crippen LogP contribution is -2.16. The number of thioether (sulfide) groups is 1. The maximum Gasteiger partial charge on any atom is 0.191 e. The summed E-state index contributed by atoms with van der Waals surface area (Å²) in [5, 5.41) is 18.7. The molecule has 17 heavy (non-hydrogen) atoms. The van der Waals surface area contributed by atoms with Gasteiger partial charge in [0.2, 0.25) is 0 Å². The number of aliphatic hydroxyl groups excluding tert-OH is 1. The summed E-state index contributed by atoms with van der Waals surface area (Å²) in [5.74, 6) is 0.977. The number of unbranched alkanes of at least 4 members (excludes halogenated alkanes) is 3. The Morgan fingerprint density at radius 1 is 1.35 bits per heavy atom. The van der Waals surface area contributed by atoms with Crippen molar-refractivity contribution >= 4 is 11.8 Å². The highest BCUT2D eigenvalue weighted by Gasteiger charge is 2.09. The predicted molar refractivity (Wildman–Crippen MR) is 71.2 cm³/mol. The molecule has 98 valence electrons. The van der Waals surface area contributed by atoms with E-state index in [1.165, 1.54) is 19.3 Å². The molecular formula is C12H23N3OS. The maximum absolute atomic E-state index is 9.93. The molecule has 0 saturated carbocycles. The van der Waals surface area contributed by atoms with Crippen molar-refractivity contribution in [2.45, 2.75) is 63.8 Å². The molecule has 0 saturated heterocycles. The van der Waals surface area contributed by atoms with Gasteiger partial charge in [0, 0.05) is 0 Å². The lowest BCUT2D eigenvalue weighted by Gasteiger charge is -2.12. The smallest absolute Gasteiger partial charge is 0.191 e. The summed E-state index contributed by atoms with van der Waals surface area (Å²) >= 11 is 1.66. The predicted octanol–water partition coefficient (Wildman–Crippen LogP) is 2.72. The van der Waals surface area contributed by atoms with Gasteiger partial charge in [-0.05, 0) is 12.2 Å². The van der Waals surface area contributed by atoms with Crippen LogP contribution in [0.5, 0.6) is 0 Å². The van der Waals surface area contributed by atoms with Crippen molar-refractivity contribution in [1.29, 1.82) is 0 Å². The maximum atomic E-state index is 9.93. The highest BCUT2D eigenvalue weighted by molar-refractivity contribution is 7.99. The van der Waals surface area contributed by atoms with E-state index in [-0.39, 0.29) is 6.10 Å². The number of aromatic nitrogens is 3. The van der Waals surface area contributed by atoms with Crippen molar-refractivity contribution in [2.24, 2.45) is 0 Å². The average Bonchev–Trinajstić information content (AvgIpc) is 2.73. The summed E-state index contributed by atoms with van der Waals surface area (Å²) in [7, 11) is 0. The summed E-state index contributed by atoms with van der Waals surface area (Å²) in [6.45, 7) is 4.90. The zero-order valence-electron chi connectivity index (χ0n) is 10.8. The molecule has 0 amide bonds. The average molecular weight is 257 g/mol. The van der Waals surface area contributed by atoms with Crippen molar-refractivity contribution in [1.82, 2.24) is 14.8 Å². The van der Waals surface area contributed by atoms with Crippen LogP contribution in [0.1, 0.15) is 46.0 Å². The van der Waals surface area contributed by atoms with E-state index >= 15 is 0 Å². The zero-order valence-corrected chi connectivity index (χ0v) is 11.6. The molecular weight excluding hydrogens is 234 g/mol. The third-order valence-electron chi connectivity index (χ3n) is 2.65. The van der Waals surface area contributed by atoms with Gasteiger partial charge >= 0.3 is 0 Å². The van der Waals surface area contributed by atoms with Crippen LogP contribution in [0.4, 0.5) is 0 Å². The number of hydrogen-bond donors (Lipinski definition) is 1. The van der Waals surface area contributed by atoms with Crippen LogP contribution in [0, 0.1) is 0 Å². The van der Waals surface area contributed by atoms with Crippen LogP contribution in [0.25, 0.3) is 0 Å². The molecule has 1 unspecified atom stereocenters. The highest BCUT2D eigenvalue weighted by Crippen LogP contribution is 2.15. The fourth-order valence-electron chi connectivity index (χ4n) is 1.74. The molecule has 0 spiro atoms. The summed E-state index contributed by atoms with van der Waals surface area (Å²) in [4.78, 5) is 0. The van der Waals surface area contributed by atoms with E-state index in [0.717, 1.165) is 23.8 Å². The lowest BCUT2D eigenvalue weighted by molar-refractivity contribution is 0.137. The van der Waals surface area contributed by atoms with Gasteiger partial charge < -0.3 is 9.67 Å². The number of hydrogen-bond acceptors (Lipinski definition) is 4. The van der Waals surface area contributed by atoms with Gasteiger partial charge in [-0.2, -0.15) is 0 Å². The van der Waals surface area contributed by atoms with Gasteiger partial charge in [0.25, 0.3) is 0 Å². The first-order valence-corrected chi connectivity index (χ1v) is 7.45. The molecule has 1 heterocycles. The van der Waals surface area contributed by atoms with Gasteiger partial charge in [-0.3, -0.25) is 0 Å². The lowest BCUT2D eigenvalue weighted by atomic mass is 10.1. The van der Waals surface area contributed by atoms with E-state index in [1.807, 2.05) is 4.57 Å². The Morgan fingerprint density at radius 2 is 2.18 bits per heavy atom. The largest absolute Gasteiger partial charge is 0.391 e. The molecule has 1 atom stereocenters. The number of nitrogens with zero attached hydrogens (tertiary/aromatic N) is 3. The molecule has 1 N–H and O–H groups in total. The summed E-state index contributed by atoms with van der Waals surface area (Å²) < 4.78 is 1.94. The van der Waals surface area contributed by atoms with Crippen LogP contribution in [-0.4, -0.2) is 31.7 Å². The van der Waals surface area contributed by atoms with Crippen molar-refractivity contribution in [2.75, 3.05) is 5.75 Å². The molecule has 1 rings (SSSR count). The molecule has 0 bridgehead atoms. The van der Waals surface area contributed by atoms with E-state index in [1.54, 1.807) is 18.1 Å². The Hall–Kier alpha value is -0.550. The van der Waals surface area contributed by atoms with Crippen molar-refractivity contribution in [3.63, 3.8) is 0 Å². The van der Waals surface area contributed by atoms with Gasteiger partial charge in [0.05, 0.1) is 12.6 Å². The van der Waals surface area contributed by atoms with Gasteiger partial charge in [-0.25, -0.2) is 0 Å². The minimum atomic E-state index is -0.279. The molecule has 1 aromatic rings. The quantitative estimate of drug-likeness (QED) is 0.546. The van der Waals surface area contributed by atoms with E-state index in [9.17, 15) is 5.11 Å². The second kappa shape index (κ2) is 8.53. The minimum absolute atomic E-state index is 0.279. The van der Waals surface area contributed by atoms with Gasteiger partial charge in [0.1, 0.15) is 6.33 Å². The molecule has 0 aliphatic carbocycles. The standard InChI is InChI=1S/C12H23N3OS/c1-3-5-6-7-8-11(16)9-15-10-13-14-12(15)17-4-2/h10-11,16H,3-9H2,1-2H3. The van der Waals surface area contributed by atoms with Crippen LogP contribution < -0.4 is 0 Å². The summed E-state index contributed by atoms with van der Waals surface area (Å²) in [5.41, 5.74) is 0. The molecule has 1 aromatic heterocycles. The van der Waals surface area contributed by atoms with Crippen LogP contribution in [0.2, 0.25) is 0 Å². The van der Waals surface area contributed by atoms with Gasteiger partial charge in [-0.1, -0.05) is 51.3 Å². The van der Waals surface area contributed by atoms with Crippen LogP contribution in [-0.2, 0) is 6.54 Å². The SMILES string of the molecule is CCCCCCC(O)Cn1cnnc1SCC. The molecule has 0 radical (unpaired) electrons. The molecule has 0 aromatic carbocycles. The van der Waals surface area contributed by atoms with Crippen LogP contribution in [0.3, 0.4) is 0 Å². The van der Waals surface area contributed by atoms with Crippen LogP contribution in [0.15, 0.2) is 11.5 Å². The first kappa shape index (κ1) is 14.5. The van der Waals surface area contributed by atoms with E-state index < -0.39 is 0 Å². The number of aliphatic hydroxyl groups is 1. The number of rotatable bonds is 9. The van der Waals surface area contributed by atoms with E-state index in [0.29, 0.717) is 6.54 Å². The van der Waals surface area contributed by atoms with Gasteiger partial charge in [-0.15, -0.1) is 10.2 Å². The fraction of sp³-hybridized carbons (Fsp3) is 0.833. The monoisotopic (exact) mass is 257 g/mol. The molecule has 0 fully saturated rings. The van der Waals surface area contributed by atoms with E-state index in [4.69, 9.17) is 0 Å². The topological polar surface area (TPSA) is 50.9 Å². The minimum Gasteiger partial charge on any atom is -0.391 e. The Labute approximate surface area is 108 Å². The Bertz CT molecular complexity index is 304. The zero-order chi connectivity index (χ0) is 12.5. The third kappa shape index (κ3) is 5.55. The second-order valence-corrected chi connectivity index (χ2v) is 5.43. The molecule has 0 aliphatic heterocycles. The Morgan fingerprint density at radius 3 is 2.88 bits per heavy atom. The van der Waals surface area contributed by atoms with Crippen molar-refractivity contribution in [3.05, 3.63) is 6.33 Å². The summed E-state index contributed by atoms with van der Waals surface area (Å²) in [6, 6.07) is 0. The third-order valence-corrected chi connectivity index (χ3v) is 3.51. The normalized spacial score (nSPS) is 12.9. The molecule has 0 aliphatic rings. The van der Waals surface area contributed by atoms with Crippen molar-refractivity contribution in [3.8, 4) is 0 Å². The van der Waals surface area contributed by atoms with Crippen LogP contribution >= 0.6 is 11.8 Å². The van der Waals surface area contributed by atoms with E-state index in [2.05, 4.69) is 24.0 Å². The first-order valence-electron chi connectivity index (χ1n) is 6.46. The van der Waals surface area contributed by atoms with Crippen molar-refractivity contribution < 1.29 is 5.11 Å². The fourth-order valence-corrected chi connectivity index (χ4v) is 2.39.